The van der Waals surface area contributed by atoms with Gasteiger partial charge in [0.15, 0.2) is 11.0 Å². The number of thioether (sulfide) groups is 1. The van der Waals surface area contributed by atoms with Crippen LogP contribution < -0.4 is 5.32 Å². The molecule has 4 aromatic rings. The first kappa shape index (κ1) is 20.9. The summed E-state index contributed by atoms with van der Waals surface area (Å²) in [5, 5.41) is 12.5. The number of nitrogens with one attached hydrogen (secondary N) is 1. The molecule has 7 heteroatoms. The van der Waals surface area contributed by atoms with Crippen LogP contribution in [0.15, 0.2) is 70.4 Å². The second-order valence-electron chi connectivity index (χ2n) is 7.37. The van der Waals surface area contributed by atoms with Crippen molar-refractivity contribution in [3.63, 3.8) is 0 Å². The van der Waals surface area contributed by atoms with E-state index < -0.39 is 0 Å². The molecule has 0 atom stereocenters. The van der Waals surface area contributed by atoms with Gasteiger partial charge in [-0.2, -0.15) is 0 Å². The minimum Gasteiger partial charge on any atom is -0.469 e. The van der Waals surface area contributed by atoms with Crippen molar-refractivity contribution in [1.29, 1.82) is 0 Å². The summed E-state index contributed by atoms with van der Waals surface area (Å²) in [6.45, 7) is 6.49. The summed E-state index contributed by atoms with van der Waals surface area (Å²) in [4.78, 5) is 12.6. The summed E-state index contributed by atoms with van der Waals surface area (Å²) in [7, 11) is 0. The standard InChI is InChI=1S/C24H24N4O2S/c1-16-8-7-9-17(2)22(16)25-21(29)15-31-24-27-26-23(20-12-13-30-18(20)3)28(24)14-19-10-5-4-6-11-19/h4-13H,14-15H2,1-3H3,(H,25,29). The van der Waals surface area contributed by atoms with Crippen LogP contribution in [-0.2, 0) is 11.3 Å². The number of rotatable bonds is 7. The molecule has 0 saturated carbocycles. The Morgan fingerprint density at radius 3 is 2.42 bits per heavy atom. The minimum atomic E-state index is -0.0716. The number of nitrogens with zero attached hydrogens (tertiary/aromatic N) is 3. The molecule has 2 aromatic carbocycles. The van der Waals surface area contributed by atoms with Crippen LogP contribution in [0.4, 0.5) is 5.69 Å². The minimum absolute atomic E-state index is 0.0716. The van der Waals surface area contributed by atoms with Gasteiger partial charge in [0.25, 0.3) is 0 Å². The summed E-state index contributed by atoms with van der Waals surface area (Å²) >= 11 is 1.38. The van der Waals surface area contributed by atoms with Crippen LogP contribution in [0.3, 0.4) is 0 Å². The number of carbonyl (C=O) groups is 1. The van der Waals surface area contributed by atoms with Crippen molar-refractivity contribution in [1.82, 2.24) is 14.8 Å². The summed E-state index contributed by atoms with van der Waals surface area (Å²) in [6, 6.07) is 18.0. The van der Waals surface area contributed by atoms with E-state index in [0.29, 0.717) is 11.7 Å². The molecule has 0 fully saturated rings. The smallest absolute Gasteiger partial charge is 0.234 e. The van der Waals surface area contributed by atoms with Crippen molar-refractivity contribution in [3.05, 3.63) is 83.3 Å². The molecule has 4 rings (SSSR count). The fraction of sp³-hybridized carbons (Fsp3) is 0.208. The quantitative estimate of drug-likeness (QED) is 0.404. The van der Waals surface area contributed by atoms with Gasteiger partial charge < -0.3 is 9.73 Å². The zero-order valence-corrected chi connectivity index (χ0v) is 18.6. The third-order valence-corrected chi connectivity index (χ3v) is 6.04. The molecule has 2 aromatic heterocycles. The zero-order chi connectivity index (χ0) is 21.8. The molecule has 0 unspecified atom stereocenters. The second kappa shape index (κ2) is 9.22. The SMILES string of the molecule is Cc1cccc(C)c1NC(=O)CSc1nnc(-c2ccoc2C)n1Cc1ccccc1. The Morgan fingerprint density at radius 2 is 1.74 bits per heavy atom. The average molecular weight is 433 g/mol. The van der Waals surface area contributed by atoms with E-state index in [-0.39, 0.29) is 11.7 Å². The van der Waals surface area contributed by atoms with Gasteiger partial charge in [-0.3, -0.25) is 9.36 Å². The van der Waals surface area contributed by atoms with Gasteiger partial charge in [0.05, 0.1) is 24.1 Å². The highest BCUT2D eigenvalue weighted by Crippen LogP contribution is 2.28. The average Bonchev–Trinajstić information content (AvgIpc) is 3.35. The molecule has 0 radical (unpaired) electrons. The van der Waals surface area contributed by atoms with Gasteiger partial charge in [-0.15, -0.1) is 10.2 Å². The van der Waals surface area contributed by atoms with Gasteiger partial charge in [-0.05, 0) is 43.5 Å². The van der Waals surface area contributed by atoms with E-state index in [1.807, 2.05) is 67.8 Å². The largest absolute Gasteiger partial charge is 0.469 e. The number of furan rings is 1. The number of hydrogen-bond acceptors (Lipinski definition) is 5. The molecule has 2 heterocycles. The molecule has 1 N–H and O–H groups in total. The molecule has 0 aliphatic heterocycles. The first-order valence-electron chi connectivity index (χ1n) is 10.0. The molecule has 1 amide bonds. The Bertz CT molecular complexity index is 1180. The van der Waals surface area contributed by atoms with Crippen LogP contribution >= 0.6 is 11.8 Å². The highest BCUT2D eigenvalue weighted by atomic mass is 32.2. The predicted octanol–water partition coefficient (Wildman–Crippen LogP) is 5.24. The third-order valence-electron chi connectivity index (χ3n) is 5.08. The Hall–Kier alpha value is -3.32. The van der Waals surface area contributed by atoms with Crippen LogP contribution in [0.25, 0.3) is 11.4 Å². The lowest BCUT2D eigenvalue weighted by molar-refractivity contribution is -0.113. The van der Waals surface area contributed by atoms with E-state index >= 15 is 0 Å². The number of aromatic nitrogens is 3. The van der Waals surface area contributed by atoms with E-state index in [2.05, 4.69) is 27.6 Å². The third kappa shape index (κ3) is 4.72. The normalized spacial score (nSPS) is 10.9. The number of anilines is 1. The Kier molecular flexibility index (Phi) is 6.23. The Morgan fingerprint density at radius 1 is 1.00 bits per heavy atom. The van der Waals surface area contributed by atoms with Crippen molar-refractivity contribution in [2.75, 3.05) is 11.1 Å². The van der Waals surface area contributed by atoms with E-state index in [0.717, 1.165) is 39.5 Å². The topological polar surface area (TPSA) is 73.0 Å². The number of aryl methyl sites for hydroxylation is 3. The first-order chi connectivity index (χ1) is 15.0. The Labute approximate surface area is 185 Å². The van der Waals surface area contributed by atoms with Gasteiger partial charge in [0, 0.05) is 5.69 Å². The summed E-state index contributed by atoms with van der Waals surface area (Å²) in [5.74, 6) is 1.68. The molecule has 0 aliphatic carbocycles. The molecule has 0 aliphatic rings. The van der Waals surface area contributed by atoms with Crippen LogP contribution in [-0.4, -0.2) is 26.4 Å². The fourth-order valence-corrected chi connectivity index (χ4v) is 4.18. The number of carbonyl (C=O) groups excluding carboxylic acids is 1. The van der Waals surface area contributed by atoms with E-state index in [9.17, 15) is 4.79 Å². The first-order valence-corrected chi connectivity index (χ1v) is 11.0. The monoisotopic (exact) mass is 432 g/mol. The summed E-state index contributed by atoms with van der Waals surface area (Å²) in [5.41, 5.74) is 4.99. The highest BCUT2D eigenvalue weighted by molar-refractivity contribution is 7.99. The maximum absolute atomic E-state index is 12.6. The molecule has 0 spiro atoms. The Balaban J connectivity index is 1.56. The van der Waals surface area contributed by atoms with Crippen molar-refractivity contribution in [2.24, 2.45) is 0 Å². The van der Waals surface area contributed by atoms with Crippen molar-refractivity contribution in [3.8, 4) is 11.4 Å². The van der Waals surface area contributed by atoms with Gasteiger partial charge >= 0.3 is 0 Å². The zero-order valence-electron chi connectivity index (χ0n) is 17.8. The van der Waals surface area contributed by atoms with Gasteiger partial charge in [0.2, 0.25) is 5.91 Å². The maximum Gasteiger partial charge on any atom is 0.234 e. The molecule has 158 valence electrons. The molecule has 0 saturated heterocycles. The number of hydrogen-bond donors (Lipinski definition) is 1. The molecular formula is C24H24N4O2S. The van der Waals surface area contributed by atoms with E-state index in [4.69, 9.17) is 4.42 Å². The van der Waals surface area contributed by atoms with Crippen molar-refractivity contribution >= 4 is 23.4 Å². The van der Waals surface area contributed by atoms with Gasteiger partial charge in [0.1, 0.15) is 5.76 Å². The summed E-state index contributed by atoms with van der Waals surface area (Å²) < 4.78 is 7.50. The molecule has 0 bridgehead atoms. The summed E-state index contributed by atoms with van der Waals surface area (Å²) in [6.07, 6.45) is 1.65. The maximum atomic E-state index is 12.6. The lowest BCUT2D eigenvalue weighted by Crippen LogP contribution is -2.16. The lowest BCUT2D eigenvalue weighted by atomic mass is 10.1. The lowest BCUT2D eigenvalue weighted by Gasteiger charge is -2.12. The number of amides is 1. The second-order valence-corrected chi connectivity index (χ2v) is 8.31. The van der Waals surface area contributed by atoms with Crippen LogP contribution in [0.1, 0.15) is 22.5 Å². The highest BCUT2D eigenvalue weighted by Gasteiger charge is 2.19. The van der Waals surface area contributed by atoms with E-state index in [1.165, 1.54) is 11.8 Å². The molecule has 31 heavy (non-hydrogen) atoms. The van der Waals surface area contributed by atoms with Crippen molar-refractivity contribution in [2.45, 2.75) is 32.5 Å². The van der Waals surface area contributed by atoms with Crippen LogP contribution in [0.2, 0.25) is 0 Å². The van der Waals surface area contributed by atoms with Crippen LogP contribution in [0, 0.1) is 20.8 Å². The molecular weight excluding hydrogens is 408 g/mol. The molecule has 6 nitrogen and oxygen atoms in total. The van der Waals surface area contributed by atoms with E-state index in [1.54, 1.807) is 6.26 Å². The predicted molar refractivity (Wildman–Crippen MR) is 123 cm³/mol. The van der Waals surface area contributed by atoms with Crippen LogP contribution in [0.5, 0.6) is 0 Å². The number of para-hydroxylation sites is 1. The van der Waals surface area contributed by atoms with Gasteiger partial charge in [-0.1, -0.05) is 60.3 Å². The van der Waals surface area contributed by atoms with Gasteiger partial charge in [-0.25, -0.2) is 0 Å². The number of benzene rings is 2. The fourth-order valence-electron chi connectivity index (χ4n) is 3.44. The van der Waals surface area contributed by atoms with Crippen molar-refractivity contribution < 1.29 is 9.21 Å².